The van der Waals surface area contributed by atoms with Crippen LogP contribution < -0.4 is 0 Å². The molecule has 0 aromatic heterocycles. The van der Waals surface area contributed by atoms with Gasteiger partial charge in [-0.2, -0.15) is 0 Å². The largest absolute Gasteiger partial charge is 0.481 e. The molecule has 0 aromatic rings. The Labute approximate surface area is 116 Å². The summed E-state index contributed by atoms with van der Waals surface area (Å²) in [6.07, 6.45) is 4.68. The van der Waals surface area contributed by atoms with Crippen molar-refractivity contribution in [2.75, 3.05) is 6.61 Å². The third-order valence-corrected chi connectivity index (χ3v) is 3.96. The Morgan fingerprint density at radius 3 is 2.50 bits per heavy atom. The van der Waals surface area contributed by atoms with Gasteiger partial charge in [-0.05, 0) is 19.8 Å². The molecular weight excluding hydrogens is 264 g/mol. The third-order valence-electron chi connectivity index (χ3n) is 3.96. The number of aliphatic carboxylic acids is 2. The second-order valence-corrected chi connectivity index (χ2v) is 4.98. The summed E-state index contributed by atoms with van der Waals surface area (Å²) in [5.41, 5.74) is -3.02. The molecule has 1 rings (SSSR count). The van der Waals surface area contributed by atoms with Crippen LogP contribution in [0.2, 0.25) is 0 Å². The van der Waals surface area contributed by atoms with Crippen molar-refractivity contribution in [2.24, 2.45) is 10.8 Å². The molecule has 0 fully saturated rings. The summed E-state index contributed by atoms with van der Waals surface area (Å²) in [6.45, 7) is 4.48. The number of hydrogen-bond acceptors (Lipinski definition) is 4. The molecule has 2 unspecified atom stereocenters. The van der Waals surface area contributed by atoms with E-state index in [2.05, 4.69) is 6.58 Å². The van der Waals surface area contributed by atoms with Crippen molar-refractivity contribution >= 4 is 17.9 Å². The summed E-state index contributed by atoms with van der Waals surface area (Å²) in [4.78, 5) is 34.2. The van der Waals surface area contributed by atoms with Gasteiger partial charge in [-0.1, -0.05) is 18.7 Å². The van der Waals surface area contributed by atoms with Crippen molar-refractivity contribution in [3.8, 4) is 0 Å². The zero-order valence-corrected chi connectivity index (χ0v) is 11.3. The van der Waals surface area contributed by atoms with E-state index in [1.54, 1.807) is 6.08 Å². The lowest BCUT2D eigenvalue weighted by Crippen LogP contribution is -2.51. The van der Waals surface area contributed by atoms with Gasteiger partial charge in [-0.3, -0.25) is 9.59 Å². The number of allylic oxidation sites excluding steroid dienone is 1. The van der Waals surface area contributed by atoms with Crippen LogP contribution in [-0.4, -0.2) is 34.7 Å². The third kappa shape index (κ3) is 2.59. The van der Waals surface area contributed by atoms with E-state index in [-0.39, 0.29) is 19.4 Å². The van der Waals surface area contributed by atoms with Crippen LogP contribution in [0, 0.1) is 10.8 Å². The van der Waals surface area contributed by atoms with E-state index in [0.717, 1.165) is 6.08 Å². The summed E-state index contributed by atoms with van der Waals surface area (Å²) in [5, 5.41) is 18.9. The SMILES string of the molecule is C=CC(=O)OCCC1(C(=O)O)C=CCCC1(C)C(=O)O. The van der Waals surface area contributed by atoms with Gasteiger partial charge >= 0.3 is 17.9 Å². The number of carboxylic acids is 2. The number of ether oxygens (including phenoxy) is 1. The smallest absolute Gasteiger partial charge is 0.330 e. The van der Waals surface area contributed by atoms with E-state index in [1.165, 1.54) is 13.0 Å². The monoisotopic (exact) mass is 282 g/mol. The average molecular weight is 282 g/mol. The van der Waals surface area contributed by atoms with Crippen molar-refractivity contribution in [2.45, 2.75) is 26.2 Å². The maximum absolute atomic E-state index is 11.7. The summed E-state index contributed by atoms with van der Waals surface area (Å²) in [5.74, 6) is -3.06. The van der Waals surface area contributed by atoms with Crippen molar-refractivity contribution in [1.29, 1.82) is 0 Å². The lowest BCUT2D eigenvalue weighted by molar-refractivity contribution is -0.171. The minimum absolute atomic E-state index is 0.0960. The number of carbonyl (C=O) groups excluding carboxylic acids is 1. The minimum atomic E-state index is -1.58. The first-order chi connectivity index (χ1) is 9.30. The van der Waals surface area contributed by atoms with Crippen LogP contribution >= 0.6 is 0 Å². The molecule has 2 N–H and O–H groups in total. The molecule has 0 aliphatic heterocycles. The highest BCUT2D eigenvalue weighted by Crippen LogP contribution is 2.50. The molecule has 0 bridgehead atoms. The maximum Gasteiger partial charge on any atom is 0.330 e. The first-order valence-electron chi connectivity index (χ1n) is 6.24. The molecule has 0 aromatic carbocycles. The van der Waals surface area contributed by atoms with Crippen LogP contribution in [0.1, 0.15) is 26.2 Å². The highest BCUT2D eigenvalue weighted by atomic mass is 16.5. The Kier molecular flexibility index (Phi) is 4.70. The topological polar surface area (TPSA) is 101 Å². The second kappa shape index (κ2) is 5.90. The van der Waals surface area contributed by atoms with Gasteiger partial charge in [0.1, 0.15) is 5.41 Å². The number of hydrogen-bond donors (Lipinski definition) is 2. The molecule has 20 heavy (non-hydrogen) atoms. The van der Waals surface area contributed by atoms with E-state index < -0.39 is 28.7 Å². The van der Waals surface area contributed by atoms with Gasteiger partial charge in [-0.25, -0.2) is 4.79 Å². The molecule has 0 saturated heterocycles. The number of carbonyl (C=O) groups is 3. The molecule has 1 aliphatic carbocycles. The summed E-state index contributed by atoms with van der Waals surface area (Å²) < 4.78 is 4.80. The van der Waals surface area contributed by atoms with Crippen molar-refractivity contribution in [1.82, 2.24) is 0 Å². The molecule has 0 heterocycles. The lowest BCUT2D eigenvalue weighted by atomic mass is 9.58. The lowest BCUT2D eigenvalue weighted by Gasteiger charge is -2.43. The quantitative estimate of drug-likeness (QED) is 0.436. The highest BCUT2D eigenvalue weighted by molar-refractivity contribution is 5.88. The molecule has 6 nitrogen and oxygen atoms in total. The Hall–Kier alpha value is -2.11. The Balaban J connectivity index is 3.05. The van der Waals surface area contributed by atoms with Crippen LogP contribution in [0.5, 0.6) is 0 Å². The van der Waals surface area contributed by atoms with Crippen molar-refractivity contribution in [3.63, 3.8) is 0 Å². The fourth-order valence-electron chi connectivity index (χ4n) is 2.51. The molecule has 6 heteroatoms. The van der Waals surface area contributed by atoms with Crippen LogP contribution in [0.25, 0.3) is 0 Å². The van der Waals surface area contributed by atoms with E-state index >= 15 is 0 Å². The number of rotatable bonds is 6. The number of esters is 1. The van der Waals surface area contributed by atoms with Gasteiger partial charge in [-0.15, -0.1) is 0 Å². The van der Waals surface area contributed by atoms with Crippen LogP contribution in [0.3, 0.4) is 0 Å². The minimum Gasteiger partial charge on any atom is -0.481 e. The molecule has 1 aliphatic rings. The van der Waals surface area contributed by atoms with Gasteiger partial charge in [0.25, 0.3) is 0 Å². The van der Waals surface area contributed by atoms with Gasteiger partial charge < -0.3 is 14.9 Å². The predicted octanol–water partition coefficient (Wildman–Crippen LogP) is 1.62. The highest BCUT2D eigenvalue weighted by Gasteiger charge is 2.57. The summed E-state index contributed by atoms with van der Waals surface area (Å²) >= 11 is 0. The van der Waals surface area contributed by atoms with E-state index in [1.807, 2.05) is 0 Å². The van der Waals surface area contributed by atoms with Gasteiger partial charge in [0, 0.05) is 12.5 Å². The number of carboxylic acid groups (broad SMARTS) is 2. The zero-order chi connectivity index (χ0) is 15.4. The normalized spacial score (nSPS) is 28.6. The van der Waals surface area contributed by atoms with Gasteiger partial charge in [0.15, 0.2) is 0 Å². The molecule has 110 valence electrons. The van der Waals surface area contributed by atoms with Crippen molar-refractivity contribution in [3.05, 3.63) is 24.8 Å². The molecule has 0 amide bonds. The fraction of sp³-hybridized carbons (Fsp3) is 0.500. The first-order valence-corrected chi connectivity index (χ1v) is 6.24. The van der Waals surface area contributed by atoms with E-state index in [9.17, 15) is 24.6 Å². The van der Waals surface area contributed by atoms with Crippen LogP contribution in [0.4, 0.5) is 0 Å². The summed E-state index contributed by atoms with van der Waals surface area (Å²) in [7, 11) is 0. The molecule has 0 radical (unpaired) electrons. The van der Waals surface area contributed by atoms with Crippen molar-refractivity contribution < 1.29 is 29.3 Å². The van der Waals surface area contributed by atoms with Crippen LogP contribution in [-0.2, 0) is 19.1 Å². The zero-order valence-electron chi connectivity index (χ0n) is 11.3. The van der Waals surface area contributed by atoms with Gasteiger partial charge in [0.05, 0.1) is 12.0 Å². The first kappa shape index (κ1) is 15.9. The standard InChI is InChI=1S/C14H18O6/c1-3-10(15)20-9-8-14(12(18)19)7-5-4-6-13(14,2)11(16)17/h3,5,7H,1,4,6,8-9H2,2H3,(H,16,17)(H,18,19). The fourth-order valence-corrected chi connectivity index (χ4v) is 2.51. The Morgan fingerprint density at radius 2 is 2.00 bits per heavy atom. The molecule has 2 atom stereocenters. The molecule has 0 spiro atoms. The second-order valence-electron chi connectivity index (χ2n) is 4.98. The summed E-state index contributed by atoms with van der Waals surface area (Å²) in [6, 6.07) is 0. The van der Waals surface area contributed by atoms with E-state index in [0.29, 0.717) is 6.42 Å². The molecule has 0 saturated carbocycles. The molecular formula is C14H18O6. The Bertz CT molecular complexity index is 466. The average Bonchev–Trinajstić information content (AvgIpc) is 2.40. The van der Waals surface area contributed by atoms with E-state index in [4.69, 9.17) is 4.74 Å². The Morgan fingerprint density at radius 1 is 1.35 bits per heavy atom. The maximum atomic E-state index is 11.7. The van der Waals surface area contributed by atoms with Gasteiger partial charge in [0.2, 0.25) is 0 Å². The van der Waals surface area contributed by atoms with Crippen LogP contribution in [0.15, 0.2) is 24.8 Å². The predicted molar refractivity (Wildman–Crippen MR) is 70.0 cm³/mol.